The molecule has 7 nitrogen and oxygen atoms in total. The van der Waals surface area contributed by atoms with Crippen LogP contribution in [0.15, 0.2) is 12.2 Å². The Morgan fingerprint density at radius 2 is 1.25 bits per heavy atom. The number of hydrogen-bond donors (Lipinski definition) is 1. The van der Waals surface area contributed by atoms with Crippen LogP contribution in [0.3, 0.4) is 0 Å². The van der Waals surface area contributed by atoms with Crippen molar-refractivity contribution in [3.05, 3.63) is 12.2 Å². The van der Waals surface area contributed by atoms with Gasteiger partial charge < -0.3 is 22.2 Å². The molecule has 1 atom stereocenters. The zero-order valence-corrected chi connectivity index (χ0v) is 27.1. The Labute approximate surface area is 213 Å². The van der Waals surface area contributed by atoms with Crippen molar-refractivity contribution >= 4 is 47.9 Å². The number of halogens is 6. The summed E-state index contributed by atoms with van der Waals surface area (Å²) in [5.74, 6) is -7.63. The van der Waals surface area contributed by atoms with E-state index in [-0.39, 0.29) is 12.2 Å². The molecule has 0 heterocycles. The van der Waals surface area contributed by atoms with Gasteiger partial charge in [-0.1, -0.05) is 20.8 Å². The topological polar surface area (TPSA) is 91.3 Å². The van der Waals surface area contributed by atoms with Crippen LogP contribution in [0.5, 0.6) is 0 Å². The fourth-order valence-electron chi connectivity index (χ4n) is 3.66. The van der Waals surface area contributed by atoms with Crippen LogP contribution in [0.4, 0.5) is 26.3 Å². The lowest BCUT2D eigenvalue weighted by Gasteiger charge is -2.53. The second kappa shape index (κ2) is 11.4. The largest absolute Gasteiger partial charge is 0.516 e. The van der Waals surface area contributed by atoms with Crippen LogP contribution in [0.2, 0.25) is 39.3 Å². The molecule has 0 aromatic rings. The number of hydrogen-bond acceptors (Lipinski definition) is 6. The third kappa shape index (κ3) is 10.4. The van der Waals surface area contributed by atoms with E-state index in [4.69, 9.17) is 22.2 Å². The summed E-state index contributed by atoms with van der Waals surface area (Å²) < 4.78 is 110. The monoisotopic (exact) mass is 602 g/mol. The highest BCUT2D eigenvalue weighted by molar-refractivity contribution is 6.87. The van der Waals surface area contributed by atoms with E-state index >= 15 is 0 Å². The lowest BCUT2D eigenvalue weighted by molar-refractivity contribution is -0.324. The van der Waals surface area contributed by atoms with E-state index in [9.17, 15) is 35.9 Å². The van der Waals surface area contributed by atoms with E-state index < -0.39 is 83.2 Å². The molecule has 0 aromatic carbocycles. The number of aliphatic carboxylic acids is 1. The van der Waals surface area contributed by atoms with Crippen LogP contribution in [-0.2, 0) is 26.7 Å². The molecule has 0 amide bonds. The summed E-state index contributed by atoms with van der Waals surface area (Å²) in [5.41, 5.74) is -1.30. The first-order valence-corrected chi connectivity index (χ1v) is 20.2. The van der Waals surface area contributed by atoms with Gasteiger partial charge >= 0.3 is 33.1 Å². The van der Waals surface area contributed by atoms with Crippen molar-refractivity contribution in [2.75, 3.05) is 0 Å². The summed E-state index contributed by atoms with van der Waals surface area (Å²) in [6.07, 6.45) is -12.4. The molecule has 0 saturated heterocycles. The molecule has 36 heavy (non-hydrogen) atoms. The van der Waals surface area contributed by atoms with Crippen LogP contribution in [0, 0.1) is 11.3 Å². The molecule has 0 aliphatic heterocycles. The van der Waals surface area contributed by atoms with Crippen molar-refractivity contribution in [3.63, 3.8) is 0 Å². The Bertz CT molecular complexity index is 784. The molecule has 0 aromatic heterocycles. The maximum absolute atomic E-state index is 14.4. The zero-order chi connectivity index (χ0) is 29.2. The summed E-state index contributed by atoms with van der Waals surface area (Å²) in [5, 5.41) is 5.31. The molecule has 1 unspecified atom stereocenters. The molecular formula is C19H36F6O7Si4. The molecule has 17 heteroatoms. The third-order valence-corrected chi connectivity index (χ3v) is 15.0. The molecule has 1 N–H and O–H groups in total. The molecule has 0 radical (unpaired) electrons. The number of carbonyl (C=O) groups is 2. The van der Waals surface area contributed by atoms with Gasteiger partial charge in [0.15, 0.2) is 22.6 Å². The van der Waals surface area contributed by atoms with Gasteiger partial charge in [-0.25, -0.2) is 9.59 Å². The highest BCUT2D eigenvalue weighted by atomic mass is 28.5. The van der Waals surface area contributed by atoms with Crippen molar-refractivity contribution in [2.45, 2.75) is 84.1 Å². The number of carbonyl (C=O) groups excluding carboxylic acids is 1. The van der Waals surface area contributed by atoms with Gasteiger partial charge in [-0.2, -0.15) is 26.3 Å². The van der Waals surface area contributed by atoms with Crippen molar-refractivity contribution in [1.82, 2.24) is 0 Å². The maximum Gasteiger partial charge on any atom is 0.516 e. The van der Waals surface area contributed by atoms with Crippen LogP contribution in [0.25, 0.3) is 0 Å². The Hall–Kier alpha value is -0.992. The number of rotatable bonds is 11. The van der Waals surface area contributed by atoms with Crippen LogP contribution in [0.1, 0.15) is 27.2 Å². The maximum atomic E-state index is 14.4. The van der Waals surface area contributed by atoms with Gasteiger partial charge in [0.2, 0.25) is 5.22 Å². The Morgan fingerprint density at radius 3 is 1.50 bits per heavy atom. The number of alkyl halides is 6. The molecular weight excluding hydrogens is 567 g/mol. The Balaban J connectivity index is 8.00. The third-order valence-electron chi connectivity index (χ3n) is 4.23. The van der Waals surface area contributed by atoms with Gasteiger partial charge in [-0.15, -0.1) is 0 Å². The lowest BCUT2D eigenvalue weighted by atomic mass is 9.83. The molecule has 0 aliphatic rings. The quantitative estimate of drug-likeness (QED) is 0.160. The van der Waals surface area contributed by atoms with Gasteiger partial charge in [0.1, 0.15) is 10.5 Å². The Kier molecular flexibility index (Phi) is 11.1. The van der Waals surface area contributed by atoms with Crippen molar-refractivity contribution in [2.24, 2.45) is 11.3 Å². The number of ether oxygens (including phenoxy) is 1. The van der Waals surface area contributed by atoms with E-state index in [0.717, 1.165) is 0 Å². The first-order valence-electron chi connectivity index (χ1n) is 10.8. The summed E-state index contributed by atoms with van der Waals surface area (Å²) in [6.45, 7) is 13.3. The molecule has 0 rings (SSSR count). The summed E-state index contributed by atoms with van der Waals surface area (Å²) in [6, 6.07) is 0. The standard InChI is InChI=1S/C19H36F6O7Si4/c1-16(2,3)12-17(29-14(28)11-10-13(26)27,15(18(20,21)22)19(23,24)25)36(30-33,31-34(4,5)6)32-35(7,8)9/h10-11,15H,12H2,1-9,33H3,(H,26,27). The van der Waals surface area contributed by atoms with Crippen LogP contribution < -0.4 is 0 Å². The predicted molar refractivity (Wildman–Crippen MR) is 131 cm³/mol. The highest BCUT2D eigenvalue weighted by Crippen LogP contribution is 2.55. The van der Waals surface area contributed by atoms with E-state index in [0.29, 0.717) is 0 Å². The fraction of sp³-hybridized carbons (Fsp3) is 0.789. The van der Waals surface area contributed by atoms with Gasteiger partial charge in [-0.3, -0.25) is 0 Å². The first-order chi connectivity index (χ1) is 15.6. The lowest BCUT2D eigenvalue weighted by Crippen LogP contribution is -2.78. The first kappa shape index (κ1) is 35.0. The molecule has 0 fully saturated rings. The number of esters is 1. The highest BCUT2D eigenvalue weighted by Gasteiger charge is 2.80. The predicted octanol–water partition coefficient (Wildman–Crippen LogP) is 4.56. The molecule has 0 aliphatic carbocycles. The summed E-state index contributed by atoms with van der Waals surface area (Å²) >= 11 is 0. The van der Waals surface area contributed by atoms with Crippen LogP contribution >= 0.6 is 0 Å². The van der Waals surface area contributed by atoms with Gasteiger partial charge in [-0.05, 0) is 51.1 Å². The minimum Gasteiger partial charge on any atom is -0.478 e. The number of carboxylic acid groups (broad SMARTS) is 1. The summed E-state index contributed by atoms with van der Waals surface area (Å²) in [4.78, 5) is 23.6. The zero-order valence-electron chi connectivity index (χ0n) is 22.1. The molecule has 0 bridgehead atoms. The normalized spacial score (nSPS) is 16.4. The van der Waals surface area contributed by atoms with Gasteiger partial charge in [0.05, 0.1) is 0 Å². The van der Waals surface area contributed by atoms with E-state index in [2.05, 4.69) is 0 Å². The SMILES string of the molecule is CC(C)(C)CC(OC(=O)C=CC(=O)O)(C(C(F)(F)F)C(F)(F)F)[Si](O[SiH3])(O[Si](C)(C)C)O[Si](C)(C)C. The minimum atomic E-state index is -5.97. The van der Waals surface area contributed by atoms with Gasteiger partial charge in [0.25, 0.3) is 0 Å². The van der Waals surface area contributed by atoms with E-state index in [1.165, 1.54) is 60.1 Å². The van der Waals surface area contributed by atoms with Gasteiger partial charge in [0, 0.05) is 12.2 Å². The van der Waals surface area contributed by atoms with Crippen LogP contribution in [-0.4, -0.2) is 70.5 Å². The van der Waals surface area contributed by atoms with E-state index in [1.54, 1.807) is 0 Å². The van der Waals surface area contributed by atoms with Crippen molar-refractivity contribution in [1.29, 1.82) is 0 Å². The van der Waals surface area contributed by atoms with E-state index in [1.807, 2.05) is 0 Å². The van der Waals surface area contributed by atoms with Crippen molar-refractivity contribution in [3.8, 4) is 0 Å². The second-order valence-electron chi connectivity index (χ2n) is 11.4. The smallest absolute Gasteiger partial charge is 0.478 e. The number of carboxylic acids is 1. The molecule has 0 saturated carbocycles. The summed E-state index contributed by atoms with van der Waals surface area (Å²) in [7, 11) is -11.7. The Morgan fingerprint density at radius 1 is 0.861 bits per heavy atom. The molecule has 0 spiro atoms. The average Bonchev–Trinajstić information content (AvgIpc) is 2.52. The molecule has 212 valence electrons. The minimum absolute atomic E-state index is 0.249. The second-order valence-corrected chi connectivity index (χ2v) is 25.1. The van der Waals surface area contributed by atoms with Crippen molar-refractivity contribution < 1.29 is 58.1 Å². The average molecular weight is 603 g/mol. The fourth-order valence-corrected chi connectivity index (χ4v) is 17.2.